The second kappa shape index (κ2) is 9.65. The SMILES string of the molecule is Cc1cc(C)c(S(=O)(=O)O)c(C)c1-c1cc(Cc2ccc(Cl)nc2)[n+](N)c(Nc2ccccc2)c1. The molecule has 2 aromatic heterocycles. The Hall–Kier alpha value is -3.46. The van der Waals surface area contributed by atoms with Crippen LogP contribution in [0.2, 0.25) is 5.15 Å². The molecule has 4 N–H and O–H groups in total. The van der Waals surface area contributed by atoms with Crippen molar-refractivity contribution in [1.82, 2.24) is 4.98 Å². The number of para-hydroxylation sites is 1. The van der Waals surface area contributed by atoms with Crippen LogP contribution in [-0.2, 0) is 16.5 Å². The number of nitrogens with one attached hydrogen (secondary N) is 1. The molecular formula is C26H26ClN4O3S+. The number of nitrogens with zero attached hydrogens (tertiary/aromatic N) is 2. The number of aromatic nitrogens is 2. The topological polar surface area (TPSA) is 109 Å². The molecule has 0 unspecified atom stereocenters. The van der Waals surface area contributed by atoms with Crippen LogP contribution < -0.4 is 15.8 Å². The lowest BCUT2D eigenvalue weighted by atomic mass is 9.93. The van der Waals surface area contributed by atoms with E-state index in [1.165, 1.54) is 0 Å². The van der Waals surface area contributed by atoms with Gasteiger partial charge in [0.1, 0.15) is 21.4 Å². The first-order valence-electron chi connectivity index (χ1n) is 10.9. The van der Waals surface area contributed by atoms with Gasteiger partial charge in [-0.15, -0.1) is 4.68 Å². The number of hydrogen-bond acceptors (Lipinski definition) is 5. The highest BCUT2D eigenvalue weighted by molar-refractivity contribution is 7.86. The molecular weight excluding hydrogens is 484 g/mol. The minimum absolute atomic E-state index is 0.0800. The molecule has 0 radical (unpaired) electrons. The summed E-state index contributed by atoms with van der Waals surface area (Å²) in [5.41, 5.74) is 5.85. The first-order valence-corrected chi connectivity index (χ1v) is 12.7. The summed E-state index contributed by atoms with van der Waals surface area (Å²) in [6.07, 6.45) is 2.16. The number of hydrogen-bond donors (Lipinski definition) is 3. The highest BCUT2D eigenvalue weighted by atomic mass is 35.5. The van der Waals surface area contributed by atoms with Crippen molar-refractivity contribution in [1.29, 1.82) is 0 Å². The smallest absolute Gasteiger partial charge is 0.282 e. The Labute approximate surface area is 210 Å². The van der Waals surface area contributed by atoms with E-state index < -0.39 is 10.1 Å². The average Bonchev–Trinajstić information content (AvgIpc) is 2.77. The summed E-state index contributed by atoms with van der Waals surface area (Å²) < 4.78 is 35.8. The van der Waals surface area contributed by atoms with Crippen LogP contribution in [0.1, 0.15) is 27.9 Å². The summed E-state index contributed by atoms with van der Waals surface area (Å²) in [6.45, 7) is 5.29. The number of nitrogen functional groups attached to an aromatic ring is 1. The maximum Gasteiger partial charge on any atom is 0.303 e. The molecule has 4 rings (SSSR count). The summed E-state index contributed by atoms with van der Waals surface area (Å²) in [7, 11) is -4.41. The van der Waals surface area contributed by atoms with Crippen LogP contribution in [0.3, 0.4) is 0 Å². The standard InChI is InChI=1S/C26H25ClN4O3S/c1-16-11-17(2)26(35(32,33)34)18(3)25(16)20-13-22(12-19-9-10-23(27)29-15-19)31(28)24(14-20)30-21-7-5-4-6-8-21/h4-11,13-15H,12,28H2,1-3H3,(H,32,33,34)/p+1. The van der Waals surface area contributed by atoms with Crippen molar-refractivity contribution in [2.45, 2.75) is 32.1 Å². The second-order valence-electron chi connectivity index (χ2n) is 8.46. The van der Waals surface area contributed by atoms with Gasteiger partial charge in [0.05, 0.1) is 0 Å². The number of aryl methyl sites for hydroxylation is 2. The highest BCUT2D eigenvalue weighted by Gasteiger charge is 2.24. The molecule has 180 valence electrons. The molecule has 0 bridgehead atoms. The van der Waals surface area contributed by atoms with Crippen LogP contribution in [0.25, 0.3) is 11.1 Å². The fourth-order valence-corrected chi connectivity index (χ4v) is 5.50. The van der Waals surface area contributed by atoms with E-state index in [1.54, 1.807) is 36.9 Å². The van der Waals surface area contributed by atoms with Crippen LogP contribution in [0, 0.1) is 20.8 Å². The van der Waals surface area contributed by atoms with E-state index in [-0.39, 0.29) is 4.90 Å². The number of pyridine rings is 2. The maximum absolute atomic E-state index is 12.2. The van der Waals surface area contributed by atoms with Crippen molar-refractivity contribution in [2.24, 2.45) is 0 Å². The highest BCUT2D eigenvalue weighted by Crippen LogP contribution is 2.35. The third kappa shape index (κ3) is 5.30. The van der Waals surface area contributed by atoms with Crippen LogP contribution in [-0.4, -0.2) is 18.0 Å². The van der Waals surface area contributed by atoms with Gasteiger partial charge in [-0.1, -0.05) is 41.9 Å². The third-order valence-electron chi connectivity index (χ3n) is 5.85. The van der Waals surface area contributed by atoms with Gasteiger partial charge in [0.25, 0.3) is 10.1 Å². The van der Waals surface area contributed by atoms with Gasteiger partial charge in [-0.25, -0.2) is 10.3 Å². The lowest BCUT2D eigenvalue weighted by Gasteiger charge is -2.17. The first kappa shape index (κ1) is 24.7. The zero-order valence-corrected chi connectivity index (χ0v) is 21.2. The predicted octanol–water partition coefficient (Wildman–Crippen LogP) is 4.91. The largest absolute Gasteiger partial charge is 0.303 e. The van der Waals surface area contributed by atoms with E-state index in [2.05, 4.69) is 10.3 Å². The summed E-state index contributed by atoms with van der Waals surface area (Å²) in [5, 5.41) is 3.75. The third-order valence-corrected chi connectivity index (χ3v) is 7.22. The molecule has 2 heterocycles. The van der Waals surface area contributed by atoms with Crippen molar-refractivity contribution < 1.29 is 17.6 Å². The van der Waals surface area contributed by atoms with E-state index in [0.717, 1.165) is 33.6 Å². The van der Waals surface area contributed by atoms with Gasteiger partial charge in [-0.2, -0.15) is 8.42 Å². The minimum atomic E-state index is -4.41. The molecule has 0 aliphatic heterocycles. The van der Waals surface area contributed by atoms with Crippen molar-refractivity contribution in [3.05, 3.63) is 100.0 Å². The number of anilines is 2. The van der Waals surface area contributed by atoms with Crippen LogP contribution in [0.15, 0.2) is 71.8 Å². The molecule has 0 fully saturated rings. The van der Waals surface area contributed by atoms with Gasteiger partial charge in [-0.05, 0) is 78.4 Å². The van der Waals surface area contributed by atoms with Crippen molar-refractivity contribution >= 4 is 33.2 Å². The summed E-state index contributed by atoms with van der Waals surface area (Å²) in [4.78, 5) is 4.08. The quantitative estimate of drug-likeness (QED) is 0.147. The molecule has 9 heteroatoms. The van der Waals surface area contributed by atoms with Crippen molar-refractivity contribution in [3.8, 4) is 11.1 Å². The molecule has 7 nitrogen and oxygen atoms in total. The molecule has 2 aromatic carbocycles. The molecule has 4 aromatic rings. The first-order chi connectivity index (χ1) is 16.5. The second-order valence-corrected chi connectivity index (χ2v) is 10.2. The Bertz CT molecular complexity index is 1510. The average molecular weight is 510 g/mol. The minimum Gasteiger partial charge on any atom is -0.282 e. The monoisotopic (exact) mass is 509 g/mol. The van der Waals surface area contributed by atoms with Gasteiger partial charge < -0.3 is 0 Å². The van der Waals surface area contributed by atoms with Crippen LogP contribution in [0.5, 0.6) is 0 Å². The van der Waals surface area contributed by atoms with E-state index in [4.69, 9.17) is 17.4 Å². The lowest BCUT2D eigenvalue weighted by Crippen LogP contribution is -2.50. The summed E-state index contributed by atoms with van der Waals surface area (Å²) >= 11 is 5.95. The summed E-state index contributed by atoms with van der Waals surface area (Å²) in [5.74, 6) is 7.14. The van der Waals surface area contributed by atoms with Gasteiger partial charge in [0, 0.05) is 18.7 Å². The van der Waals surface area contributed by atoms with Gasteiger partial charge in [-0.3, -0.25) is 10.4 Å². The number of nitrogens with two attached hydrogens (primary N) is 1. The van der Waals surface area contributed by atoms with E-state index in [0.29, 0.717) is 28.5 Å². The van der Waals surface area contributed by atoms with Crippen LogP contribution in [0.4, 0.5) is 11.5 Å². The Kier molecular flexibility index (Phi) is 6.80. The fraction of sp³-hybridized carbons (Fsp3) is 0.154. The molecule has 0 amide bonds. The zero-order chi connectivity index (χ0) is 25.3. The van der Waals surface area contributed by atoms with E-state index >= 15 is 0 Å². The molecule has 0 atom stereocenters. The van der Waals surface area contributed by atoms with Gasteiger partial charge >= 0.3 is 5.82 Å². The van der Waals surface area contributed by atoms with E-state index in [1.807, 2.05) is 55.5 Å². The van der Waals surface area contributed by atoms with Crippen LogP contribution >= 0.6 is 11.6 Å². The van der Waals surface area contributed by atoms with Gasteiger partial charge in [0.15, 0.2) is 0 Å². The van der Waals surface area contributed by atoms with E-state index in [9.17, 15) is 13.0 Å². The molecule has 0 saturated carbocycles. The van der Waals surface area contributed by atoms with Crippen molar-refractivity contribution in [3.63, 3.8) is 0 Å². The zero-order valence-electron chi connectivity index (χ0n) is 19.6. The molecule has 35 heavy (non-hydrogen) atoms. The lowest BCUT2D eigenvalue weighted by molar-refractivity contribution is -0.631. The van der Waals surface area contributed by atoms with Crippen molar-refractivity contribution in [2.75, 3.05) is 11.2 Å². The molecule has 0 saturated heterocycles. The Morgan fingerprint density at radius 1 is 1.03 bits per heavy atom. The Balaban J connectivity index is 1.93. The van der Waals surface area contributed by atoms with Gasteiger partial charge in [0.2, 0.25) is 0 Å². The number of rotatable bonds is 6. The Morgan fingerprint density at radius 2 is 1.74 bits per heavy atom. The number of benzene rings is 2. The molecule has 0 spiro atoms. The number of halogens is 1. The Morgan fingerprint density at radius 3 is 2.37 bits per heavy atom. The fourth-order valence-electron chi connectivity index (χ4n) is 4.44. The molecule has 0 aliphatic rings. The predicted molar refractivity (Wildman–Crippen MR) is 138 cm³/mol. The molecule has 0 aliphatic carbocycles. The summed E-state index contributed by atoms with van der Waals surface area (Å²) in [6, 6.07) is 18.8. The maximum atomic E-state index is 12.2. The normalized spacial score (nSPS) is 11.5.